The number of carbonyl (C=O) groups excluding carboxylic acids is 1. The lowest BCUT2D eigenvalue weighted by molar-refractivity contribution is -0.125. The fourth-order valence-electron chi connectivity index (χ4n) is 3.20. The second kappa shape index (κ2) is 5.51. The Hall–Kier alpha value is -2.03. The van der Waals surface area contributed by atoms with E-state index in [1.165, 1.54) is 37.0 Å². The number of amides is 1. The van der Waals surface area contributed by atoms with E-state index in [4.69, 9.17) is 0 Å². The fraction of sp³-hybridized carbons (Fsp3) is 0.667. The average molecular weight is 345 g/mol. The highest BCUT2D eigenvalue weighted by Gasteiger charge is 2.34. The first-order valence-corrected chi connectivity index (χ1v) is 9.41. The van der Waals surface area contributed by atoms with Gasteiger partial charge in [0.1, 0.15) is 16.7 Å². The van der Waals surface area contributed by atoms with Gasteiger partial charge in [0.15, 0.2) is 0 Å². The Balaban J connectivity index is 1.21. The van der Waals surface area contributed by atoms with Crippen LogP contribution >= 0.6 is 11.3 Å². The molecule has 2 saturated carbocycles. The lowest BCUT2D eigenvalue weighted by atomic mass is 9.98. The van der Waals surface area contributed by atoms with Crippen LogP contribution in [0, 0.1) is 5.92 Å². The van der Waals surface area contributed by atoms with Crippen LogP contribution in [0.5, 0.6) is 0 Å². The molecule has 2 aromatic rings. The molecule has 24 heavy (non-hydrogen) atoms. The van der Waals surface area contributed by atoms with Crippen LogP contribution in [0.4, 0.5) is 5.13 Å². The van der Waals surface area contributed by atoms with Gasteiger partial charge >= 0.3 is 0 Å². The minimum Gasteiger partial charge on any atom is -0.314 e. The fourth-order valence-corrected chi connectivity index (χ4v) is 4.07. The van der Waals surface area contributed by atoms with Gasteiger partial charge in [-0.15, -0.1) is 20.4 Å². The molecule has 0 radical (unpaired) electrons. The SMILES string of the molecule is O=C(NNc1nnc(C2CC2)s1)C1CCc2nnc(C3CC3)n2C1. The zero-order chi connectivity index (χ0) is 16.1. The number of aryl methyl sites for hydroxylation is 1. The van der Waals surface area contributed by atoms with Crippen molar-refractivity contribution in [2.75, 3.05) is 5.43 Å². The molecule has 9 heteroatoms. The van der Waals surface area contributed by atoms with Gasteiger partial charge in [0.2, 0.25) is 11.0 Å². The number of nitrogens with zero attached hydrogens (tertiary/aromatic N) is 5. The van der Waals surface area contributed by atoms with E-state index < -0.39 is 0 Å². The summed E-state index contributed by atoms with van der Waals surface area (Å²) >= 11 is 1.52. The van der Waals surface area contributed by atoms with E-state index in [2.05, 4.69) is 35.8 Å². The molecule has 1 aliphatic heterocycles. The van der Waals surface area contributed by atoms with E-state index in [1.807, 2.05) is 0 Å². The number of nitrogens with one attached hydrogen (secondary N) is 2. The van der Waals surface area contributed by atoms with Gasteiger partial charge in [-0.25, -0.2) is 0 Å². The number of hydrogen-bond donors (Lipinski definition) is 2. The second-order valence-electron chi connectivity index (χ2n) is 6.93. The third-order valence-corrected chi connectivity index (χ3v) is 5.95. The molecule has 1 atom stereocenters. The first kappa shape index (κ1) is 14.3. The van der Waals surface area contributed by atoms with Crippen molar-refractivity contribution in [2.45, 2.75) is 56.9 Å². The lowest BCUT2D eigenvalue weighted by Crippen LogP contribution is -2.39. The summed E-state index contributed by atoms with van der Waals surface area (Å²) < 4.78 is 2.15. The molecule has 3 aliphatic rings. The van der Waals surface area contributed by atoms with Crippen molar-refractivity contribution in [3.05, 3.63) is 16.7 Å². The first-order valence-electron chi connectivity index (χ1n) is 8.59. The summed E-state index contributed by atoms with van der Waals surface area (Å²) in [5.41, 5.74) is 5.71. The molecule has 2 N–H and O–H groups in total. The summed E-state index contributed by atoms with van der Waals surface area (Å²) in [5.74, 6) is 3.16. The summed E-state index contributed by atoms with van der Waals surface area (Å²) in [7, 11) is 0. The molecule has 5 rings (SSSR count). The van der Waals surface area contributed by atoms with E-state index in [9.17, 15) is 4.79 Å². The molecule has 0 spiro atoms. The van der Waals surface area contributed by atoms with Crippen molar-refractivity contribution in [2.24, 2.45) is 5.92 Å². The summed E-state index contributed by atoms with van der Waals surface area (Å²) in [6, 6.07) is 0. The number of aromatic nitrogens is 5. The summed E-state index contributed by atoms with van der Waals surface area (Å²) in [4.78, 5) is 12.5. The third-order valence-electron chi connectivity index (χ3n) is 4.95. The number of hydrogen-bond acceptors (Lipinski definition) is 7. The quantitative estimate of drug-likeness (QED) is 0.799. The van der Waals surface area contributed by atoms with Gasteiger partial charge in [0, 0.05) is 24.8 Å². The topological polar surface area (TPSA) is 97.6 Å². The monoisotopic (exact) mass is 345 g/mol. The zero-order valence-electron chi connectivity index (χ0n) is 13.2. The van der Waals surface area contributed by atoms with Crippen molar-refractivity contribution in [1.82, 2.24) is 30.4 Å². The Morgan fingerprint density at radius 2 is 1.88 bits per heavy atom. The van der Waals surface area contributed by atoms with E-state index >= 15 is 0 Å². The second-order valence-corrected chi connectivity index (χ2v) is 7.94. The molecular formula is C15H19N7OS. The third kappa shape index (κ3) is 2.66. The van der Waals surface area contributed by atoms with E-state index in [-0.39, 0.29) is 11.8 Å². The normalized spacial score (nSPS) is 22.9. The molecule has 2 aliphatic carbocycles. The molecule has 3 heterocycles. The molecule has 1 amide bonds. The van der Waals surface area contributed by atoms with Crippen LogP contribution in [0.2, 0.25) is 0 Å². The molecule has 0 aromatic carbocycles. The van der Waals surface area contributed by atoms with Crippen molar-refractivity contribution in [1.29, 1.82) is 0 Å². The van der Waals surface area contributed by atoms with Gasteiger partial charge < -0.3 is 4.57 Å². The molecular weight excluding hydrogens is 326 g/mol. The number of rotatable bonds is 5. The minimum absolute atomic E-state index is 0.000677. The Morgan fingerprint density at radius 1 is 1.04 bits per heavy atom. The van der Waals surface area contributed by atoms with Gasteiger partial charge in [-0.2, -0.15) is 0 Å². The Kier molecular flexibility index (Phi) is 3.29. The van der Waals surface area contributed by atoms with Gasteiger partial charge in [-0.05, 0) is 32.1 Å². The van der Waals surface area contributed by atoms with Crippen LogP contribution in [0.1, 0.15) is 60.6 Å². The van der Waals surface area contributed by atoms with E-state index in [0.29, 0.717) is 23.5 Å². The van der Waals surface area contributed by atoms with Crippen LogP contribution < -0.4 is 10.9 Å². The molecule has 2 aromatic heterocycles. The van der Waals surface area contributed by atoms with Crippen molar-refractivity contribution in [3.8, 4) is 0 Å². The lowest BCUT2D eigenvalue weighted by Gasteiger charge is -2.23. The van der Waals surface area contributed by atoms with Crippen LogP contribution in [0.25, 0.3) is 0 Å². The average Bonchev–Trinajstić information content (AvgIpc) is 3.54. The van der Waals surface area contributed by atoms with E-state index in [0.717, 1.165) is 29.5 Å². The summed E-state index contributed by atoms with van der Waals surface area (Å²) in [6.45, 7) is 0.672. The zero-order valence-corrected chi connectivity index (χ0v) is 14.1. The maximum Gasteiger partial charge on any atom is 0.243 e. The molecule has 0 bridgehead atoms. The van der Waals surface area contributed by atoms with Crippen molar-refractivity contribution < 1.29 is 4.79 Å². The highest BCUT2D eigenvalue weighted by molar-refractivity contribution is 7.15. The Bertz CT molecular complexity index is 777. The molecule has 1 unspecified atom stereocenters. The minimum atomic E-state index is -0.0608. The predicted octanol–water partition coefficient (Wildman–Crippen LogP) is 1.59. The number of anilines is 1. The standard InChI is InChI=1S/C15H19N7OS/c23-13(18-20-15-21-19-14(24-15)9-3-4-9)10-5-6-11-16-17-12(8-1-2-8)22(11)7-10/h8-10H,1-7H2,(H,18,23)(H,20,21). The smallest absolute Gasteiger partial charge is 0.243 e. The first-order chi connectivity index (χ1) is 11.8. The Labute approximate surface area is 143 Å². The van der Waals surface area contributed by atoms with Gasteiger partial charge in [-0.3, -0.25) is 15.6 Å². The highest BCUT2D eigenvalue weighted by atomic mass is 32.1. The maximum atomic E-state index is 12.5. The summed E-state index contributed by atoms with van der Waals surface area (Å²) in [5, 5.41) is 18.6. The number of carbonyl (C=O) groups is 1. The van der Waals surface area contributed by atoms with Crippen LogP contribution in [0.3, 0.4) is 0 Å². The van der Waals surface area contributed by atoms with Crippen LogP contribution in [-0.4, -0.2) is 30.9 Å². The van der Waals surface area contributed by atoms with Gasteiger partial charge in [-0.1, -0.05) is 11.3 Å². The number of fused-ring (bicyclic) bond motifs is 1. The van der Waals surface area contributed by atoms with Gasteiger partial charge in [0.05, 0.1) is 5.92 Å². The van der Waals surface area contributed by atoms with E-state index in [1.54, 1.807) is 0 Å². The van der Waals surface area contributed by atoms with Crippen molar-refractivity contribution >= 4 is 22.4 Å². The molecule has 2 fully saturated rings. The molecule has 8 nitrogen and oxygen atoms in total. The van der Waals surface area contributed by atoms with Gasteiger partial charge in [0.25, 0.3) is 0 Å². The number of hydrazine groups is 1. The molecule has 0 saturated heterocycles. The Morgan fingerprint density at radius 3 is 2.67 bits per heavy atom. The summed E-state index contributed by atoms with van der Waals surface area (Å²) in [6.07, 6.45) is 6.40. The van der Waals surface area contributed by atoms with Crippen LogP contribution in [0.15, 0.2) is 0 Å². The van der Waals surface area contributed by atoms with Crippen LogP contribution in [-0.2, 0) is 17.8 Å². The van der Waals surface area contributed by atoms with Crippen molar-refractivity contribution in [3.63, 3.8) is 0 Å². The molecule has 126 valence electrons. The largest absolute Gasteiger partial charge is 0.314 e. The highest BCUT2D eigenvalue weighted by Crippen LogP contribution is 2.42. The maximum absolute atomic E-state index is 12.5. The predicted molar refractivity (Wildman–Crippen MR) is 87.5 cm³/mol.